The fourth-order valence-electron chi connectivity index (χ4n) is 2.55. The highest BCUT2D eigenvalue weighted by atomic mass is 19.1. The molecule has 0 amide bonds. The van der Waals surface area contributed by atoms with Crippen molar-refractivity contribution >= 4 is 5.57 Å². The SMILES string of the molecule is O=c1ccn(Cc2ccc(F)c(C3=CCNCC3)c2)c(=O)[nH]1. The molecule has 0 spiro atoms. The average Bonchev–Trinajstić information content (AvgIpc) is 2.52. The van der Waals surface area contributed by atoms with E-state index in [0.717, 1.165) is 30.6 Å². The van der Waals surface area contributed by atoms with Gasteiger partial charge >= 0.3 is 5.69 Å². The van der Waals surface area contributed by atoms with Gasteiger partial charge < -0.3 is 5.32 Å². The first-order valence-corrected chi connectivity index (χ1v) is 7.12. The monoisotopic (exact) mass is 301 g/mol. The van der Waals surface area contributed by atoms with E-state index in [0.29, 0.717) is 5.56 Å². The Morgan fingerprint density at radius 2 is 2.09 bits per heavy atom. The molecule has 2 aromatic rings. The van der Waals surface area contributed by atoms with Gasteiger partial charge in [0.1, 0.15) is 5.82 Å². The Bertz CT molecular complexity index is 836. The van der Waals surface area contributed by atoms with Crippen molar-refractivity contribution in [2.45, 2.75) is 13.0 Å². The third-order valence-corrected chi connectivity index (χ3v) is 3.69. The number of hydrogen-bond acceptors (Lipinski definition) is 3. The quantitative estimate of drug-likeness (QED) is 0.892. The molecular weight excluding hydrogens is 285 g/mol. The standard InChI is InChI=1S/C16H16FN3O2/c17-14-2-1-11(9-13(14)12-3-6-18-7-4-12)10-20-8-5-15(21)19-16(20)22/h1-3,5,8-9,18H,4,6-7,10H2,(H,19,21,22). The Morgan fingerprint density at radius 3 is 2.82 bits per heavy atom. The number of benzene rings is 1. The van der Waals surface area contributed by atoms with E-state index in [1.807, 2.05) is 6.08 Å². The van der Waals surface area contributed by atoms with Crippen LogP contribution in [-0.2, 0) is 6.54 Å². The lowest BCUT2D eigenvalue weighted by molar-refractivity contribution is 0.618. The Kier molecular flexibility index (Phi) is 4.02. The largest absolute Gasteiger partial charge is 0.328 e. The minimum atomic E-state index is -0.473. The number of aromatic nitrogens is 2. The summed E-state index contributed by atoms with van der Waals surface area (Å²) < 4.78 is 15.4. The van der Waals surface area contributed by atoms with Crippen molar-refractivity contribution in [1.82, 2.24) is 14.9 Å². The van der Waals surface area contributed by atoms with Crippen LogP contribution >= 0.6 is 0 Å². The van der Waals surface area contributed by atoms with Crippen LogP contribution < -0.4 is 16.6 Å². The highest BCUT2D eigenvalue weighted by Crippen LogP contribution is 2.24. The van der Waals surface area contributed by atoms with Crippen LogP contribution in [0.25, 0.3) is 5.57 Å². The molecule has 0 unspecified atom stereocenters. The van der Waals surface area contributed by atoms with Crippen molar-refractivity contribution in [1.29, 1.82) is 0 Å². The molecule has 0 atom stereocenters. The first-order valence-electron chi connectivity index (χ1n) is 7.12. The molecule has 0 bridgehead atoms. The summed E-state index contributed by atoms with van der Waals surface area (Å²) in [4.78, 5) is 25.0. The third-order valence-electron chi connectivity index (χ3n) is 3.69. The van der Waals surface area contributed by atoms with Gasteiger partial charge in [-0.15, -0.1) is 0 Å². The second-order valence-corrected chi connectivity index (χ2v) is 5.24. The average molecular weight is 301 g/mol. The van der Waals surface area contributed by atoms with Crippen molar-refractivity contribution in [3.05, 3.63) is 74.3 Å². The first-order chi connectivity index (χ1) is 10.6. The summed E-state index contributed by atoms with van der Waals surface area (Å²) in [6.45, 7) is 1.85. The molecule has 0 saturated heterocycles. The first kappa shape index (κ1) is 14.5. The van der Waals surface area contributed by atoms with Gasteiger partial charge in [0.2, 0.25) is 0 Å². The second-order valence-electron chi connectivity index (χ2n) is 5.24. The van der Waals surface area contributed by atoms with E-state index < -0.39 is 11.2 Å². The number of hydrogen-bond donors (Lipinski definition) is 2. The van der Waals surface area contributed by atoms with E-state index in [1.54, 1.807) is 12.1 Å². The fraction of sp³-hybridized carbons (Fsp3) is 0.250. The molecule has 1 aromatic heterocycles. The maximum atomic E-state index is 14.0. The topological polar surface area (TPSA) is 66.9 Å². The summed E-state index contributed by atoms with van der Waals surface area (Å²) in [6, 6.07) is 6.13. The second kappa shape index (κ2) is 6.11. The smallest absolute Gasteiger partial charge is 0.313 e. The van der Waals surface area contributed by atoms with Crippen molar-refractivity contribution in [2.24, 2.45) is 0 Å². The molecule has 114 valence electrons. The van der Waals surface area contributed by atoms with Gasteiger partial charge in [-0.3, -0.25) is 14.3 Å². The third kappa shape index (κ3) is 3.07. The van der Waals surface area contributed by atoms with E-state index in [9.17, 15) is 14.0 Å². The van der Waals surface area contributed by atoms with Crippen LogP contribution in [-0.4, -0.2) is 22.6 Å². The normalized spacial score (nSPS) is 14.7. The molecule has 2 N–H and O–H groups in total. The highest BCUT2D eigenvalue weighted by molar-refractivity contribution is 5.67. The molecular formula is C16H16FN3O2. The van der Waals surface area contributed by atoms with Crippen LogP contribution in [0, 0.1) is 5.82 Å². The van der Waals surface area contributed by atoms with Crippen LogP contribution in [0.15, 0.2) is 46.1 Å². The summed E-state index contributed by atoms with van der Waals surface area (Å²) in [7, 11) is 0. The van der Waals surface area contributed by atoms with Crippen LogP contribution in [0.2, 0.25) is 0 Å². The van der Waals surface area contributed by atoms with Crippen molar-refractivity contribution < 1.29 is 4.39 Å². The lowest BCUT2D eigenvalue weighted by Gasteiger charge is -2.16. The molecule has 0 fully saturated rings. The van der Waals surface area contributed by atoms with Gasteiger partial charge in [-0.25, -0.2) is 9.18 Å². The maximum absolute atomic E-state index is 14.0. The Labute approximate surface area is 126 Å². The molecule has 3 rings (SSSR count). The van der Waals surface area contributed by atoms with Crippen molar-refractivity contribution in [3.8, 4) is 0 Å². The summed E-state index contributed by atoms with van der Waals surface area (Å²) in [6.07, 6.45) is 4.20. The van der Waals surface area contributed by atoms with Crippen LogP contribution in [0.5, 0.6) is 0 Å². The molecule has 1 aromatic carbocycles. The van der Waals surface area contributed by atoms with Gasteiger partial charge in [0.25, 0.3) is 5.56 Å². The van der Waals surface area contributed by atoms with Gasteiger partial charge in [-0.2, -0.15) is 0 Å². The number of nitrogens with zero attached hydrogens (tertiary/aromatic N) is 1. The Hall–Kier alpha value is -2.47. The predicted octanol–water partition coefficient (Wildman–Crippen LogP) is 1.10. The number of nitrogens with one attached hydrogen (secondary N) is 2. The van der Waals surface area contributed by atoms with E-state index in [1.165, 1.54) is 22.9 Å². The van der Waals surface area contributed by atoms with Crippen molar-refractivity contribution in [2.75, 3.05) is 13.1 Å². The zero-order valence-corrected chi connectivity index (χ0v) is 11.9. The Balaban J connectivity index is 1.93. The van der Waals surface area contributed by atoms with Gasteiger partial charge in [-0.05, 0) is 36.2 Å². The van der Waals surface area contributed by atoms with E-state index >= 15 is 0 Å². The summed E-state index contributed by atoms with van der Waals surface area (Å²) in [5.41, 5.74) is 1.47. The number of aromatic amines is 1. The minimum Gasteiger partial charge on any atom is -0.313 e. The van der Waals surface area contributed by atoms with Gasteiger partial charge in [0, 0.05) is 24.4 Å². The van der Waals surface area contributed by atoms with Crippen LogP contribution in [0.1, 0.15) is 17.5 Å². The molecule has 22 heavy (non-hydrogen) atoms. The maximum Gasteiger partial charge on any atom is 0.328 e. The molecule has 0 radical (unpaired) electrons. The molecule has 5 nitrogen and oxygen atoms in total. The minimum absolute atomic E-state index is 0.259. The number of halogens is 1. The lowest BCUT2D eigenvalue weighted by Crippen LogP contribution is -2.28. The van der Waals surface area contributed by atoms with E-state index in [4.69, 9.17) is 0 Å². The van der Waals surface area contributed by atoms with E-state index in [2.05, 4.69) is 10.3 Å². The van der Waals surface area contributed by atoms with Crippen LogP contribution in [0.3, 0.4) is 0 Å². The molecule has 0 aliphatic carbocycles. The van der Waals surface area contributed by atoms with Gasteiger partial charge in [0.05, 0.1) is 6.54 Å². The van der Waals surface area contributed by atoms with Crippen LogP contribution in [0.4, 0.5) is 4.39 Å². The molecule has 6 heteroatoms. The molecule has 0 saturated carbocycles. The predicted molar refractivity (Wildman–Crippen MR) is 82.3 cm³/mol. The van der Waals surface area contributed by atoms with Gasteiger partial charge in [0.15, 0.2) is 0 Å². The highest BCUT2D eigenvalue weighted by Gasteiger charge is 2.11. The Morgan fingerprint density at radius 1 is 1.23 bits per heavy atom. The van der Waals surface area contributed by atoms with Gasteiger partial charge in [-0.1, -0.05) is 12.1 Å². The summed E-state index contributed by atoms with van der Waals surface area (Å²) in [5.74, 6) is -0.259. The summed E-state index contributed by atoms with van der Waals surface area (Å²) >= 11 is 0. The number of rotatable bonds is 3. The molecule has 1 aliphatic rings. The van der Waals surface area contributed by atoms with E-state index in [-0.39, 0.29) is 12.4 Å². The lowest BCUT2D eigenvalue weighted by atomic mass is 9.98. The number of H-pyrrole nitrogens is 1. The molecule has 2 heterocycles. The molecule has 1 aliphatic heterocycles. The van der Waals surface area contributed by atoms with Crippen molar-refractivity contribution in [3.63, 3.8) is 0 Å². The zero-order chi connectivity index (χ0) is 15.5. The zero-order valence-electron chi connectivity index (χ0n) is 11.9. The summed E-state index contributed by atoms with van der Waals surface area (Å²) in [5, 5.41) is 3.19. The fourth-order valence-corrected chi connectivity index (χ4v) is 2.55.